The molecule has 2 heterocycles. The number of halogens is 2. The second-order valence-corrected chi connectivity index (χ2v) is 7.24. The first-order valence-corrected chi connectivity index (χ1v) is 9.26. The Labute approximate surface area is 161 Å². The van der Waals surface area contributed by atoms with Crippen molar-refractivity contribution in [1.82, 2.24) is 9.88 Å². The number of hydrogen-bond donors (Lipinski definition) is 3. The van der Waals surface area contributed by atoms with Gasteiger partial charge < -0.3 is 21.4 Å². The topological polar surface area (TPSA) is 88.1 Å². The lowest BCUT2D eigenvalue weighted by Crippen LogP contribution is -2.42. The van der Waals surface area contributed by atoms with E-state index in [2.05, 4.69) is 4.98 Å². The molecule has 0 spiro atoms. The molecule has 4 rings (SSSR count). The largest absolute Gasteiger partial charge is 0.350 e. The Bertz CT molecular complexity index is 1030. The molecule has 3 aromatic rings. The average molecular weight is 384 g/mol. The molecule has 7 heteroatoms. The summed E-state index contributed by atoms with van der Waals surface area (Å²) in [6.45, 7) is 0.459. The SMILES string of the molecule is NC[C@@H](F)C[C@@H](N)CN1Cc2ccccc2-c2c([nH]c3ccc(F)cc23)C1=O. The molecule has 2 atom stereocenters. The zero-order valence-electron chi connectivity index (χ0n) is 15.3. The molecular weight excluding hydrogens is 362 g/mol. The summed E-state index contributed by atoms with van der Waals surface area (Å²) >= 11 is 0. The first-order chi connectivity index (χ1) is 13.5. The predicted molar refractivity (Wildman–Crippen MR) is 105 cm³/mol. The summed E-state index contributed by atoms with van der Waals surface area (Å²) in [7, 11) is 0. The van der Waals surface area contributed by atoms with Gasteiger partial charge in [0.2, 0.25) is 0 Å². The first kappa shape index (κ1) is 18.6. The van der Waals surface area contributed by atoms with Crippen molar-refractivity contribution in [2.45, 2.75) is 25.2 Å². The van der Waals surface area contributed by atoms with Crippen LogP contribution in [0.3, 0.4) is 0 Å². The third kappa shape index (κ3) is 3.27. The molecule has 1 amide bonds. The predicted octanol–water partition coefficient (Wildman–Crippen LogP) is 2.94. The van der Waals surface area contributed by atoms with Gasteiger partial charge in [0.25, 0.3) is 5.91 Å². The number of benzene rings is 2. The molecule has 1 aliphatic heterocycles. The van der Waals surface area contributed by atoms with Gasteiger partial charge in [-0.3, -0.25) is 4.79 Å². The van der Waals surface area contributed by atoms with Crippen LogP contribution in [-0.2, 0) is 6.54 Å². The second-order valence-electron chi connectivity index (χ2n) is 7.24. The average Bonchev–Trinajstić information content (AvgIpc) is 3.00. The van der Waals surface area contributed by atoms with E-state index in [0.29, 0.717) is 28.7 Å². The number of nitrogens with one attached hydrogen (secondary N) is 1. The van der Waals surface area contributed by atoms with Gasteiger partial charge in [0.1, 0.15) is 17.7 Å². The van der Waals surface area contributed by atoms with Crippen LogP contribution in [0.15, 0.2) is 42.5 Å². The highest BCUT2D eigenvalue weighted by Gasteiger charge is 2.30. The van der Waals surface area contributed by atoms with E-state index in [1.54, 1.807) is 11.0 Å². The van der Waals surface area contributed by atoms with Crippen molar-refractivity contribution in [2.24, 2.45) is 11.5 Å². The number of alkyl halides is 1. The molecule has 0 unspecified atom stereocenters. The third-order valence-corrected chi connectivity index (χ3v) is 5.18. The van der Waals surface area contributed by atoms with E-state index in [9.17, 15) is 13.6 Å². The van der Waals surface area contributed by atoms with Crippen molar-refractivity contribution < 1.29 is 13.6 Å². The lowest BCUT2D eigenvalue weighted by Gasteiger charge is -2.25. The number of aromatic nitrogens is 1. The van der Waals surface area contributed by atoms with Gasteiger partial charge in [0.05, 0.1) is 0 Å². The molecule has 0 radical (unpaired) electrons. The number of hydrogen-bond acceptors (Lipinski definition) is 3. The van der Waals surface area contributed by atoms with Gasteiger partial charge in [-0.2, -0.15) is 0 Å². The van der Waals surface area contributed by atoms with Crippen molar-refractivity contribution in [2.75, 3.05) is 13.1 Å². The van der Waals surface area contributed by atoms with Gasteiger partial charge in [-0.1, -0.05) is 24.3 Å². The van der Waals surface area contributed by atoms with Crippen molar-refractivity contribution in [3.8, 4) is 11.1 Å². The second kappa shape index (κ2) is 7.33. The van der Waals surface area contributed by atoms with Crippen molar-refractivity contribution in [1.29, 1.82) is 0 Å². The van der Waals surface area contributed by atoms with Crippen LogP contribution in [0.5, 0.6) is 0 Å². The number of rotatable bonds is 5. The number of carbonyl (C=O) groups is 1. The Balaban J connectivity index is 1.80. The lowest BCUT2D eigenvalue weighted by atomic mass is 9.98. The highest BCUT2D eigenvalue weighted by Crippen LogP contribution is 2.38. The summed E-state index contributed by atoms with van der Waals surface area (Å²) in [5, 5.41) is 0.661. The van der Waals surface area contributed by atoms with E-state index in [1.165, 1.54) is 12.1 Å². The van der Waals surface area contributed by atoms with Crippen LogP contribution in [-0.4, -0.2) is 41.1 Å². The molecule has 0 saturated heterocycles. The van der Waals surface area contributed by atoms with Gasteiger partial charge in [-0.25, -0.2) is 8.78 Å². The number of carbonyl (C=O) groups excluding carboxylic acids is 1. The van der Waals surface area contributed by atoms with Crippen LogP contribution in [0.2, 0.25) is 0 Å². The van der Waals surface area contributed by atoms with Crippen LogP contribution in [0.25, 0.3) is 22.0 Å². The third-order valence-electron chi connectivity index (χ3n) is 5.18. The number of fused-ring (bicyclic) bond motifs is 5. The molecule has 28 heavy (non-hydrogen) atoms. The van der Waals surface area contributed by atoms with Crippen molar-refractivity contribution in [3.05, 3.63) is 59.5 Å². The Morgan fingerprint density at radius 2 is 2.00 bits per heavy atom. The summed E-state index contributed by atoms with van der Waals surface area (Å²) in [4.78, 5) is 18.0. The summed E-state index contributed by atoms with van der Waals surface area (Å²) < 4.78 is 27.5. The maximum Gasteiger partial charge on any atom is 0.271 e. The molecule has 2 aromatic carbocycles. The monoisotopic (exact) mass is 384 g/mol. The fourth-order valence-electron chi connectivity index (χ4n) is 3.87. The maximum atomic E-state index is 13.9. The summed E-state index contributed by atoms with van der Waals surface area (Å²) in [6.07, 6.45) is -1.11. The zero-order chi connectivity index (χ0) is 19.8. The smallest absolute Gasteiger partial charge is 0.271 e. The van der Waals surface area contributed by atoms with Crippen molar-refractivity contribution >= 4 is 16.8 Å². The first-order valence-electron chi connectivity index (χ1n) is 9.26. The summed E-state index contributed by atoms with van der Waals surface area (Å²) in [6, 6.07) is 11.5. The van der Waals surface area contributed by atoms with E-state index in [-0.39, 0.29) is 31.2 Å². The molecular formula is C21H22F2N4O. The summed E-state index contributed by atoms with van der Waals surface area (Å²) in [5.41, 5.74) is 15.0. The molecule has 0 aliphatic carbocycles. The number of aromatic amines is 1. The van der Waals surface area contributed by atoms with Gasteiger partial charge in [0, 0.05) is 42.1 Å². The van der Waals surface area contributed by atoms with Gasteiger partial charge in [-0.05, 0) is 35.7 Å². The zero-order valence-corrected chi connectivity index (χ0v) is 15.3. The van der Waals surface area contributed by atoms with Crippen LogP contribution < -0.4 is 11.5 Å². The van der Waals surface area contributed by atoms with Crippen LogP contribution >= 0.6 is 0 Å². The lowest BCUT2D eigenvalue weighted by molar-refractivity contribution is 0.0724. The fraction of sp³-hybridized carbons (Fsp3) is 0.286. The maximum absolute atomic E-state index is 13.9. The minimum atomic E-state index is -1.20. The number of nitrogens with zero attached hydrogens (tertiary/aromatic N) is 1. The van der Waals surface area contributed by atoms with Gasteiger partial charge >= 0.3 is 0 Å². The quantitative estimate of drug-likeness (QED) is 0.632. The number of H-pyrrole nitrogens is 1. The normalized spacial score (nSPS) is 15.9. The highest BCUT2D eigenvalue weighted by molar-refractivity contribution is 6.11. The van der Waals surface area contributed by atoms with Crippen LogP contribution in [0, 0.1) is 5.82 Å². The Kier molecular flexibility index (Phi) is 4.87. The molecule has 0 fully saturated rings. The van der Waals surface area contributed by atoms with E-state index >= 15 is 0 Å². The molecule has 0 saturated carbocycles. The van der Waals surface area contributed by atoms with Crippen LogP contribution in [0.4, 0.5) is 8.78 Å². The van der Waals surface area contributed by atoms with E-state index in [1.807, 2.05) is 24.3 Å². The standard InChI is InChI=1S/C21H22F2N4O/c22-13-5-6-18-17(8-13)19-16-4-2-1-3-12(16)10-27(21(28)20(19)26-18)11-15(25)7-14(23)9-24/h1-6,8,14-15,26H,7,9-11,24-25H2/t14-,15+/m0/s1. The minimum absolute atomic E-state index is 0.0900. The highest BCUT2D eigenvalue weighted by atomic mass is 19.1. The molecule has 0 bridgehead atoms. The molecule has 146 valence electrons. The van der Waals surface area contributed by atoms with E-state index in [4.69, 9.17) is 11.5 Å². The Morgan fingerprint density at radius 1 is 1.21 bits per heavy atom. The summed E-state index contributed by atoms with van der Waals surface area (Å²) in [5.74, 6) is -0.598. The van der Waals surface area contributed by atoms with Gasteiger partial charge in [-0.15, -0.1) is 0 Å². The number of nitrogens with two attached hydrogens (primary N) is 2. The number of amides is 1. The van der Waals surface area contributed by atoms with Crippen molar-refractivity contribution in [3.63, 3.8) is 0 Å². The molecule has 1 aromatic heterocycles. The van der Waals surface area contributed by atoms with E-state index in [0.717, 1.165) is 11.1 Å². The Morgan fingerprint density at radius 3 is 2.79 bits per heavy atom. The minimum Gasteiger partial charge on any atom is -0.350 e. The van der Waals surface area contributed by atoms with Gasteiger partial charge in [0.15, 0.2) is 0 Å². The molecule has 5 nitrogen and oxygen atoms in total. The molecule has 1 aliphatic rings. The molecule has 5 N–H and O–H groups in total. The van der Waals surface area contributed by atoms with E-state index < -0.39 is 12.2 Å². The fourth-order valence-corrected chi connectivity index (χ4v) is 3.87. The Hall–Kier alpha value is -2.77. The van der Waals surface area contributed by atoms with Crippen LogP contribution in [0.1, 0.15) is 22.5 Å².